The number of nitrogens with one attached hydrogen (secondary N) is 1. The van der Waals surface area contributed by atoms with Crippen molar-refractivity contribution in [3.8, 4) is 28.7 Å². The van der Waals surface area contributed by atoms with Crippen molar-refractivity contribution >= 4 is 27.5 Å². The smallest absolute Gasteiger partial charge is 0.265 e. The number of methoxy groups -OCH3 is 5. The Bertz CT molecular complexity index is 1920. The number of rotatable bonds is 18. The highest BCUT2D eigenvalue weighted by atomic mass is 32.2. The summed E-state index contributed by atoms with van der Waals surface area (Å²) in [6.45, 7) is 3.11. The minimum absolute atomic E-state index is 0.0268. The van der Waals surface area contributed by atoms with E-state index in [-0.39, 0.29) is 47.0 Å². The average Bonchev–Trinajstić information content (AvgIpc) is 3.17. The maximum Gasteiger partial charge on any atom is 0.265 e. The van der Waals surface area contributed by atoms with Gasteiger partial charge in [-0.3, -0.25) is 13.9 Å². The van der Waals surface area contributed by atoms with Gasteiger partial charge in [-0.25, -0.2) is 8.42 Å². The van der Waals surface area contributed by atoms with Crippen LogP contribution in [-0.4, -0.2) is 79.3 Å². The van der Waals surface area contributed by atoms with E-state index in [9.17, 15) is 18.0 Å². The fourth-order valence-electron chi connectivity index (χ4n) is 5.57. The molecule has 0 aliphatic rings. The number of nitrogens with zero attached hydrogens (tertiary/aromatic N) is 2. The molecule has 278 valence electrons. The summed E-state index contributed by atoms with van der Waals surface area (Å²) in [5.74, 6) is 0.554. The molecule has 0 spiro atoms. The van der Waals surface area contributed by atoms with Crippen molar-refractivity contribution in [2.24, 2.45) is 0 Å². The number of anilines is 1. The third kappa shape index (κ3) is 9.46. The van der Waals surface area contributed by atoms with Crippen LogP contribution in [0, 0.1) is 0 Å². The summed E-state index contributed by atoms with van der Waals surface area (Å²) in [4.78, 5) is 30.3. The van der Waals surface area contributed by atoms with Crippen molar-refractivity contribution in [2.45, 2.75) is 50.2 Å². The van der Waals surface area contributed by atoms with Gasteiger partial charge in [0.25, 0.3) is 10.0 Å². The molecular weight excluding hydrogens is 687 g/mol. The number of amides is 2. The van der Waals surface area contributed by atoms with E-state index in [0.29, 0.717) is 29.2 Å². The Kier molecular flexibility index (Phi) is 13.8. The minimum Gasteiger partial charge on any atom is -0.497 e. The maximum atomic E-state index is 14.9. The van der Waals surface area contributed by atoms with Crippen LogP contribution in [0.25, 0.3) is 0 Å². The highest BCUT2D eigenvalue weighted by molar-refractivity contribution is 7.92. The van der Waals surface area contributed by atoms with Gasteiger partial charge in [0.15, 0.2) is 11.5 Å². The fraction of sp³-hybridized carbons (Fsp3) is 0.333. The summed E-state index contributed by atoms with van der Waals surface area (Å²) in [5.41, 5.74) is 1.55. The molecule has 0 saturated heterocycles. The molecule has 4 rings (SSSR count). The van der Waals surface area contributed by atoms with Gasteiger partial charge in [-0.2, -0.15) is 0 Å². The number of hydrogen-bond acceptors (Lipinski definition) is 9. The predicted octanol–water partition coefficient (Wildman–Crippen LogP) is 5.48. The number of hydrogen-bond donors (Lipinski definition) is 1. The van der Waals surface area contributed by atoms with Gasteiger partial charge in [0.1, 0.15) is 29.8 Å². The average molecular weight is 734 g/mol. The monoisotopic (exact) mass is 733 g/mol. The summed E-state index contributed by atoms with van der Waals surface area (Å²) < 4.78 is 57.7. The number of carbonyl (C=O) groups excluding carboxylic acids is 2. The molecule has 4 aromatic rings. The van der Waals surface area contributed by atoms with E-state index in [0.717, 1.165) is 9.87 Å². The summed E-state index contributed by atoms with van der Waals surface area (Å²) in [6, 6.07) is 24.1. The molecule has 0 radical (unpaired) electrons. The van der Waals surface area contributed by atoms with E-state index in [1.807, 2.05) is 50.2 Å². The lowest BCUT2D eigenvalue weighted by molar-refractivity contribution is -0.140. The van der Waals surface area contributed by atoms with Crippen molar-refractivity contribution < 1.29 is 41.7 Å². The number of carbonyl (C=O) groups is 2. The van der Waals surface area contributed by atoms with E-state index in [1.165, 1.54) is 64.7 Å². The van der Waals surface area contributed by atoms with Gasteiger partial charge in [-0.1, -0.05) is 49.4 Å². The Morgan fingerprint density at radius 1 is 0.712 bits per heavy atom. The molecule has 4 aromatic carbocycles. The highest BCUT2D eigenvalue weighted by Gasteiger charge is 2.36. The standard InChI is InChI=1S/C39H47N3O9S/c1-8-27(2)40-39(44)34(22-28-13-10-9-11-14-28)41(25-29-15-12-16-30(21-29)47-3)38(43)26-42(33-23-31(48-4)17-19-35(33)49-5)52(45,46)32-18-20-36(50-6)37(24-32)51-7/h9-21,23-24,27,34H,8,22,25-26H2,1-7H3,(H,40,44)/t27-,34+/m0/s1. The molecule has 1 N–H and O–H groups in total. The van der Waals surface area contributed by atoms with Gasteiger partial charge in [-0.05, 0) is 60.9 Å². The van der Waals surface area contributed by atoms with Crippen LogP contribution in [0.3, 0.4) is 0 Å². The van der Waals surface area contributed by atoms with Gasteiger partial charge in [0.05, 0.1) is 46.1 Å². The van der Waals surface area contributed by atoms with Gasteiger partial charge in [0.2, 0.25) is 11.8 Å². The number of benzene rings is 4. The molecule has 0 aliphatic heterocycles. The Morgan fingerprint density at radius 3 is 1.98 bits per heavy atom. The van der Waals surface area contributed by atoms with Crippen LogP contribution in [0.2, 0.25) is 0 Å². The van der Waals surface area contributed by atoms with E-state index >= 15 is 0 Å². The number of sulfonamides is 1. The van der Waals surface area contributed by atoms with Crippen LogP contribution in [0.15, 0.2) is 95.9 Å². The molecule has 12 nitrogen and oxygen atoms in total. The second-order valence-electron chi connectivity index (χ2n) is 12.0. The minimum atomic E-state index is -4.51. The molecule has 0 unspecified atom stereocenters. The molecule has 0 bridgehead atoms. The molecule has 2 atom stereocenters. The summed E-state index contributed by atoms with van der Waals surface area (Å²) in [7, 11) is 2.71. The van der Waals surface area contributed by atoms with E-state index in [4.69, 9.17) is 23.7 Å². The van der Waals surface area contributed by atoms with Crippen molar-refractivity contribution in [1.82, 2.24) is 10.2 Å². The molecular formula is C39H47N3O9S. The maximum absolute atomic E-state index is 14.9. The summed E-state index contributed by atoms with van der Waals surface area (Å²) in [5, 5.41) is 3.04. The van der Waals surface area contributed by atoms with Crippen LogP contribution >= 0.6 is 0 Å². The predicted molar refractivity (Wildman–Crippen MR) is 199 cm³/mol. The Balaban J connectivity index is 1.91. The van der Waals surface area contributed by atoms with Crippen LogP contribution in [0.1, 0.15) is 31.4 Å². The SMILES string of the molecule is CC[C@H](C)NC(=O)[C@@H](Cc1ccccc1)N(Cc1cccc(OC)c1)C(=O)CN(c1cc(OC)ccc1OC)S(=O)(=O)c1ccc(OC)c(OC)c1. The third-order valence-corrected chi connectivity index (χ3v) is 10.4. The van der Waals surface area contributed by atoms with Gasteiger partial charge in [0, 0.05) is 31.1 Å². The molecule has 2 amide bonds. The molecule has 0 aromatic heterocycles. The van der Waals surface area contributed by atoms with E-state index in [1.54, 1.807) is 30.3 Å². The third-order valence-electron chi connectivity index (χ3n) is 8.64. The lowest BCUT2D eigenvalue weighted by Gasteiger charge is -2.34. The zero-order valence-electron chi connectivity index (χ0n) is 30.6. The fourth-order valence-corrected chi connectivity index (χ4v) is 7.00. The first-order valence-corrected chi connectivity index (χ1v) is 18.2. The topological polar surface area (TPSA) is 133 Å². The molecule has 0 saturated carbocycles. The number of ether oxygens (including phenoxy) is 5. The highest BCUT2D eigenvalue weighted by Crippen LogP contribution is 2.38. The molecule has 0 aliphatic carbocycles. The molecule has 52 heavy (non-hydrogen) atoms. The van der Waals surface area contributed by atoms with Crippen LogP contribution in [0.5, 0.6) is 28.7 Å². The molecule has 13 heteroatoms. The van der Waals surface area contributed by atoms with Crippen LogP contribution in [-0.2, 0) is 32.6 Å². The van der Waals surface area contributed by atoms with Gasteiger partial charge in [-0.15, -0.1) is 0 Å². The summed E-state index contributed by atoms with van der Waals surface area (Å²) >= 11 is 0. The van der Waals surface area contributed by atoms with Gasteiger partial charge >= 0.3 is 0 Å². The van der Waals surface area contributed by atoms with Crippen LogP contribution in [0.4, 0.5) is 5.69 Å². The Hall–Kier alpha value is -5.43. The van der Waals surface area contributed by atoms with Gasteiger partial charge < -0.3 is 33.9 Å². The molecule has 0 fully saturated rings. The summed E-state index contributed by atoms with van der Waals surface area (Å²) in [6.07, 6.45) is 0.838. The second kappa shape index (κ2) is 18.2. The van der Waals surface area contributed by atoms with E-state index in [2.05, 4.69) is 5.32 Å². The molecule has 0 heterocycles. The zero-order chi connectivity index (χ0) is 37.8. The van der Waals surface area contributed by atoms with E-state index < -0.39 is 28.5 Å². The first kappa shape index (κ1) is 39.4. The largest absolute Gasteiger partial charge is 0.497 e. The quantitative estimate of drug-likeness (QED) is 0.141. The van der Waals surface area contributed by atoms with Crippen LogP contribution < -0.4 is 33.3 Å². The first-order chi connectivity index (χ1) is 25.0. The Labute approximate surface area is 306 Å². The van der Waals surface area contributed by atoms with Crippen molar-refractivity contribution in [3.05, 3.63) is 102 Å². The van der Waals surface area contributed by atoms with Crippen molar-refractivity contribution in [3.63, 3.8) is 0 Å². The normalized spacial score (nSPS) is 12.2. The lowest BCUT2D eigenvalue weighted by Crippen LogP contribution is -2.54. The van der Waals surface area contributed by atoms with Crippen molar-refractivity contribution in [1.29, 1.82) is 0 Å². The first-order valence-electron chi connectivity index (χ1n) is 16.7. The van der Waals surface area contributed by atoms with Crippen molar-refractivity contribution in [2.75, 3.05) is 46.4 Å². The zero-order valence-corrected chi connectivity index (χ0v) is 31.4. The Morgan fingerprint density at radius 2 is 1.35 bits per heavy atom. The lowest BCUT2D eigenvalue weighted by atomic mass is 10.0. The second-order valence-corrected chi connectivity index (χ2v) is 13.8.